The predicted molar refractivity (Wildman–Crippen MR) is 81.7 cm³/mol. The summed E-state index contributed by atoms with van der Waals surface area (Å²) in [7, 11) is 0. The van der Waals surface area contributed by atoms with E-state index in [9.17, 15) is 4.39 Å². The van der Waals surface area contributed by atoms with Crippen molar-refractivity contribution in [2.45, 2.75) is 25.4 Å². The number of halogens is 1. The highest BCUT2D eigenvalue weighted by Crippen LogP contribution is 2.35. The van der Waals surface area contributed by atoms with Gasteiger partial charge in [0.1, 0.15) is 11.9 Å². The lowest BCUT2D eigenvalue weighted by Gasteiger charge is -2.26. The topological polar surface area (TPSA) is 105 Å². The Bertz CT molecular complexity index is 844. The van der Waals surface area contributed by atoms with Crippen molar-refractivity contribution in [3.8, 4) is 5.69 Å². The van der Waals surface area contributed by atoms with Gasteiger partial charge in [-0.15, -0.1) is 5.10 Å². The lowest BCUT2D eigenvalue weighted by molar-refractivity contribution is 0.315. The molecule has 0 saturated carbocycles. The van der Waals surface area contributed by atoms with Gasteiger partial charge in [0, 0.05) is 12.5 Å². The highest BCUT2D eigenvalue weighted by atomic mass is 19.1. The molecule has 2 unspecified atom stereocenters. The van der Waals surface area contributed by atoms with Gasteiger partial charge in [-0.1, -0.05) is 10.4 Å². The third-order valence-corrected chi connectivity index (χ3v) is 4.30. The minimum atomic E-state index is -0.487. The monoisotopic (exact) mass is 315 g/mol. The fraction of sp³-hybridized carbons (Fsp3) is 0.286. The van der Waals surface area contributed by atoms with Gasteiger partial charge in [0.2, 0.25) is 0 Å². The van der Waals surface area contributed by atoms with Crippen LogP contribution in [-0.2, 0) is 6.42 Å². The molecule has 4 rings (SSSR count). The number of aromatic nitrogens is 3. The quantitative estimate of drug-likeness (QED) is 0.347. The zero-order chi connectivity index (χ0) is 16.1. The van der Waals surface area contributed by atoms with E-state index in [1.54, 1.807) is 17.1 Å². The van der Waals surface area contributed by atoms with E-state index in [1.165, 1.54) is 12.1 Å². The number of hydrogen-bond acceptors (Lipinski definition) is 6. The summed E-state index contributed by atoms with van der Waals surface area (Å²) in [4.78, 5) is 6.25. The minimum Gasteiger partial charge on any atom is -0.409 e. The number of fused-ring (bicyclic) bond motifs is 5. The van der Waals surface area contributed by atoms with Gasteiger partial charge in [-0.2, -0.15) is 0 Å². The number of benzene rings is 1. The van der Waals surface area contributed by atoms with Gasteiger partial charge < -0.3 is 15.8 Å². The molecule has 2 aliphatic rings. The highest BCUT2D eigenvalue weighted by molar-refractivity contribution is 5.95. The van der Waals surface area contributed by atoms with Crippen molar-refractivity contribution in [3.05, 3.63) is 35.4 Å². The lowest BCUT2D eigenvalue weighted by Crippen LogP contribution is -2.44. The fourth-order valence-corrected chi connectivity index (χ4v) is 3.15. The Kier molecular flexibility index (Phi) is 2.83. The van der Waals surface area contributed by atoms with E-state index in [0.717, 1.165) is 17.1 Å². The van der Waals surface area contributed by atoms with Gasteiger partial charge in [0.25, 0.3) is 0 Å². The molecule has 8 nitrogen and oxygen atoms in total. The maximum atomic E-state index is 13.7. The molecule has 0 radical (unpaired) electrons. The molecule has 2 aliphatic heterocycles. The molecule has 3 N–H and O–H groups in total. The molecule has 0 aliphatic carbocycles. The Balaban J connectivity index is 1.93. The Morgan fingerprint density at radius 1 is 1.43 bits per heavy atom. The second-order valence-corrected chi connectivity index (χ2v) is 5.58. The van der Waals surface area contributed by atoms with E-state index in [1.807, 2.05) is 11.8 Å². The molecule has 0 saturated heterocycles. The van der Waals surface area contributed by atoms with Crippen LogP contribution in [0.2, 0.25) is 0 Å². The Morgan fingerprint density at radius 3 is 3.04 bits per heavy atom. The van der Waals surface area contributed by atoms with Crippen LogP contribution in [0.3, 0.4) is 0 Å². The minimum absolute atomic E-state index is 0.0380. The van der Waals surface area contributed by atoms with Crippen LogP contribution in [0.4, 0.5) is 10.1 Å². The Morgan fingerprint density at radius 2 is 2.26 bits per heavy atom. The number of oxime groups is 1. The third-order valence-electron chi connectivity index (χ3n) is 4.30. The van der Waals surface area contributed by atoms with Crippen molar-refractivity contribution in [1.29, 1.82) is 0 Å². The summed E-state index contributed by atoms with van der Waals surface area (Å²) in [6.07, 6.45) is 2.18. The standard InChI is InChI=1S/C14H14FN7O/c1-7-10-5-12-13(14(16)19-23)17-6-21(12)9-3-2-8(15)4-11(9)22(10)20-18-7/h2-4,6,12-13,23H,5H2,1H3,(H2,16,19). The fourth-order valence-electron chi connectivity index (χ4n) is 3.15. The van der Waals surface area contributed by atoms with Gasteiger partial charge in [-0.3, -0.25) is 4.99 Å². The first kappa shape index (κ1) is 13.7. The summed E-state index contributed by atoms with van der Waals surface area (Å²) >= 11 is 0. The lowest BCUT2D eigenvalue weighted by atomic mass is 10.0. The molecule has 0 bridgehead atoms. The van der Waals surface area contributed by atoms with Crippen LogP contribution >= 0.6 is 0 Å². The summed E-state index contributed by atoms with van der Waals surface area (Å²) in [6, 6.07) is 3.80. The largest absolute Gasteiger partial charge is 0.409 e. The maximum Gasteiger partial charge on any atom is 0.166 e. The summed E-state index contributed by atoms with van der Waals surface area (Å²) in [6.45, 7) is 1.85. The molecule has 1 aromatic carbocycles. The first-order valence-electron chi connectivity index (χ1n) is 7.10. The van der Waals surface area contributed by atoms with Gasteiger partial charge in [0.15, 0.2) is 5.84 Å². The second kappa shape index (κ2) is 4.77. The molecule has 0 spiro atoms. The molecule has 1 aromatic heterocycles. The first-order valence-corrected chi connectivity index (χ1v) is 7.10. The second-order valence-electron chi connectivity index (χ2n) is 5.58. The molecule has 2 aromatic rings. The maximum absolute atomic E-state index is 13.7. The van der Waals surface area contributed by atoms with Gasteiger partial charge >= 0.3 is 0 Å². The van der Waals surface area contributed by atoms with Gasteiger partial charge in [-0.25, -0.2) is 9.07 Å². The van der Waals surface area contributed by atoms with Crippen LogP contribution in [0.25, 0.3) is 5.69 Å². The normalized spacial score (nSPS) is 22.5. The molecule has 2 atom stereocenters. The van der Waals surface area contributed by atoms with Crippen LogP contribution in [0, 0.1) is 12.7 Å². The molecule has 23 heavy (non-hydrogen) atoms. The van der Waals surface area contributed by atoms with Crippen LogP contribution in [-0.4, -0.2) is 44.5 Å². The van der Waals surface area contributed by atoms with Crippen molar-refractivity contribution >= 4 is 17.9 Å². The van der Waals surface area contributed by atoms with Crippen LogP contribution in [0.15, 0.2) is 28.3 Å². The number of aryl methyl sites for hydroxylation is 1. The van der Waals surface area contributed by atoms with E-state index in [0.29, 0.717) is 12.1 Å². The summed E-state index contributed by atoms with van der Waals surface area (Å²) < 4.78 is 15.4. The molecular weight excluding hydrogens is 301 g/mol. The van der Waals surface area contributed by atoms with Crippen molar-refractivity contribution in [2.75, 3.05) is 4.90 Å². The number of aliphatic imine (C=N–C) groups is 1. The number of anilines is 1. The van der Waals surface area contributed by atoms with Crippen LogP contribution in [0.5, 0.6) is 0 Å². The van der Waals surface area contributed by atoms with Crippen molar-refractivity contribution in [3.63, 3.8) is 0 Å². The predicted octanol–water partition coefficient (Wildman–Crippen LogP) is 0.603. The van der Waals surface area contributed by atoms with Gasteiger partial charge in [-0.05, 0) is 19.1 Å². The number of amidine groups is 1. The van der Waals surface area contributed by atoms with Crippen LogP contribution < -0.4 is 10.6 Å². The zero-order valence-corrected chi connectivity index (χ0v) is 12.3. The highest BCUT2D eigenvalue weighted by Gasteiger charge is 2.39. The van der Waals surface area contributed by atoms with E-state index in [2.05, 4.69) is 20.5 Å². The van der Waals surface area contributed by atoms with Crippen molar-refractivity contribution in [2.24, 2.45) is 15.9 Å². The first-order chi connectivity index (χ1) is 11.1. The van der Waals surface area contributed by atoms with E-state index >= 15 is 0 Å². The molecule has 0 fully saturated rings. The van der Waals surface area contributed by atoms with Crippen LogP contribution in [0.1, 0.15) is 11.4 Å². The average Bonchev–Trinajstić information content (AvgIpc) is 3.08. The van der Waals surface area contributed by atoms with Gasteiger partial charge in [0.05, 0.1) is 35.1 Å². The molecule has 0 amide bonds. The molecule has 3 heterocycles. The van der Waals surface area contributed by atoms with E-state index in [4.69, 9.17) is 10.9 Å². The number of nitrogens with two attached hydrogens (primary N) is 1. The SMILES string of the molecule is Cc1nnn2c1CC1C(/C(N)=N/O)N=CN1c1ccc(F)cc1-2. The average molecular weight is 315 g/mol. The molecular formula is C14H14FN7O. The van der Waals surface area contributed by atoms with E-state index in [-0.39, 0.29) is 17.7 Å². The Hall–Kier alpha value is -2.97. The zero-order valence-electron chi connectivity index (χ0n) is 12.3. The third kappa shape index (κ3) is 1.89. The molecule has 9 heteroatoms. The summed E-state index contributed by atoms with van der Waals surface area (Å²) in [5.41, 5.74) is 8.72. The summed E-state index contributed by atoms with van der Waals surface area (Å²) in [5.74, 6) is -0.318. The number of rotatable bonds is 1. The number of nitrogens with zero attached hydrogens (tertiary/aromatic N) is 6. The van der Waals surface area contributed by atoms with Crippen molar-refractivity contribution in [1.82, 2.24) is 15.0 Å². The summed E-state index contributed by atoms with van der Waals surface area (Å²) in [5, 5.41) is 20.3. The smallest absolute Gasteiger partial charge is 0.166 e. The Labute approximate surface area is 130 Å². The van der Waals surface area contributed by atoms with Crippen molar-refractivity contribution < 1.29 is 9.60 Å². The number of hydrogen-bond donors (Lipinski definition) is 2. The van der Waals surface area contributed by atoms with E-state index < -0.39 is 6.04 Å². The molecule has 118 valence electrons.